The highest BCUT2D eigenvalue weighted by Crippen LogP contribution is 2.21. The molecule has 2 atom stereocenters. The lowest BCUT2D eigenvalue weighted by atomic mass is 9.85. The summed E-state index contributed by atoms with van der Waals surface area (Å²) in [6.45, 7) is 11.1. The molecule has 4 heteroatoms. The minimum atomic E-state index is -0.0651. The largest absolute Gasteiger partial charge is 0.340 e. The van der Waals surface area contributed by atoms with Crippen molar-refractivity contribution in [2.45, 2.75) is 52.6 Å². The van der Waals surface area contributed by atoms with E-state index in [-0.39, 0.29) is 17.4 Å². The topological polar surface area (TPSA) is 49.6 Å². The van der Waals surface area contributed by atoms with Gasteiger partial charge in [-0.2, -0.15) is 0 Å². The van der Waals surface area contributed by atoms with Crippen molar-refractivity contribution < 1.29 is 4.79 Å². The first kappa shape index (κ1) is 15.4. The Labute approximate surface area is 111 Å². The first-order chi connectivity index (χ1) is 8.25. The molecule has 1 fully saturated rings. The molecule has 2 unspecified atom stereocenters. The number of hydrogen-bond acceptors (Lipinski definition) is 3. The number of carbonyl (C=O) groups is 1. The summed E-state index contributed by atoms with van der Waals surface area (Å²) in [7, 11) is 2.14. The van der Waals surface area contributed by atoms with Crippen LogP contribution in [0.15, 0.2) is 0 Å². The first-order valence-corrected chi connectivity index (χ1v) is 6.99. The van der Waals surface area contributed by atoms with Crippen LogP contribution >= 0.6 is 0 Å². The van der Waals surface area contributed by atoms with Crippen molar-refractivity contribution in [2.75, 3.05) is 26.7 Å². The predicted octanol–water partition coefficient (Wildman–Crippen LogP) is 1.30. The SMILES string of the molecule is CCC1CN(C(=O)CC(N)C(C)(C)C)CCN1C. The summed E-state index contributed by atoms with van der Waals surface area (Å²) in [6.07, 6.45) is 1.55. The van der Waals surface area contributed by atoms with Gasteiger partial charge in [-0.15, -0.1) is 0 Å². The standard InChI is InChI=1S/C14H29N3O/c1-6-11-10-17(8-7-16(11)5)13(18)9-12(15)14(2,3)4/h11-12H,6-10,15H2,1-5H3. The van der Waals surface area contributed by atoms with Crippen LogP contribution in [0.2, 0.25) is 0 Å². The van der Waals surface area contributed by atoms with E-state index in [4.69, 9.17) is 5.73 Å². The molecule has 1 aliphatic heterocycles. The van der Waals surface area contributed by atoms with Gasteiger partial charge in [-0.3, -0.25) is 9.69 Å². The van der Waals surface area contributed by atoms with Gasteiger partial charge in [0, 0.05) is 38.1 Å². The van der Waals surface area contributed by atoms with Crippen molar-refractivity contribution >= 4 is 5.91 Å². The number of amides is 1. The van der Waals surface area contributed by atoms with Crippen molar-refractivity contribution in [3.63, 3.8) is 0 Å². The molecule has 0 bridgehead atoms. The molecule has 0 saturated carbocycles. The minimum Gasteiger partial charge on any atom is -0.340 e. The summed E-state index contributed by atoms with van der Waals surface area (Å²) in [6, 6.07) is 0.429. The van der Waals surface area contributed by atoms with E-state index in [0.29, 0.717) is 12.5 Å². The number of likely N-dealkylation sites (N-methyl/N-ethyl adjacent to an activating group) is 1. The molecule has 0 aliphatic carbocycles. The molecule has 1 amide bonds. The van der Waals surface area contributed by atoms with E-state index in [2.05, 4.69) is 39.6 Å². The van der Waals surface area contributed by atoms with Crippen LogP contribution in [0.1, 0.15) is 40.5 Å². The fraction of sp³-hybridized carbons (Fsp3) is 0.929. The van der Waals surface area contributed by atoms with Crippen LogP contribution in [0.4, 0.5) is 0 Å². The number of carbonyl (C=O) groups excluding carboxylic acids is 1. The Kier molecular flexibility index (Phi) is 5.17. The second-order valence-electron chi connectivity index (χ2n) is 6.56. The van der Waals surface area contributed by atoms with Crippen molar-refractivity contribution in [1.82, 2.24) is 9.80 Å². The van der Waals surface area contributed by atoms with Crippen LogP contribution in [-0.2, 0) is 4.79 Å². The number of hydrogen-bond donors (Lipinski definition) is 1. The molecule has 1 saturated heterocycles. The highest BCUT2D eigenvalue weighted by molar-refractivity contribution is 5.77. The summed E-state index contributed by atoms with van der Waals surface area (Å²) >= 11 is 0. The van der Waals surface area contributed by atoms with Crippen molar-refractivity contribution in [3.05, 3.63) is 0 Å². The highest BCUT2D eigenvalue weighted by atomic mass is 16.2. The Hall–Kier alpha value is -0.610. The van der Waals surface area contributed by atoms with Gasteiger partial charge < -0.3 is 10.6 Å². The minimum absolute atomic E-state index is 0.00754. The van der Waals surface area contributed by atoms with E-state index in [1.54, 1.807) is 0 Å². The molecule has 1 rings (SSSR count). The molecule has 0 aromatic heterocycles. The van der Waals surface area contributed by atoms with Crippen LogP contribution < -0.4 is 5.73 Å². The lowest BCUT2D eigenvalue weighted by Gasteiger charge is -2.40. The molecular formula is C14H29N3O. The molecule has 1 aliphatic rings. The van der Waals surface area contributed by atoms with E-state index in [9.17, 15) is 4.79 Å². The van der Waals surface area contributed by atoms with Gasteiger partial charge in [-0.1, -0.05) is 27.7 Å². The molecule has 2 N–H and O–H groups in total. The van der Waals surface area contributed by atoms with Crippen LogP contribution in [0.5, 0.6) is 0 Å². The number of nitrogens with zero attached hydrogens (tertiary/aromatic N) is 2. The fourth-order valence-corrected chi connectivity index (χ4v) is 2.24. The van der Waals surface area contributed by atoms with Gasteiger partial charge >= 0.3 is 0 Å². The van der Waals surface area contributed by atoms with Gasteiger partial charge in [0.2, 0.25) is 5.91 Å². The maximum atomic E-state index is 12.3. The zero-order valence-corrected chi connectivity index (χ0v) is 12.6. The molecule has 0 aromatic rings. The molecule has 106 valence electrons. The Morgan fingerprint density at radius 2 is 2.00 bits per heavy atom. The van der Waals surface area contributed by atoms with Crippen molar-refractivity contribution in [3.8, 4) is 0 Å². The smallest absolute Gasteiger partial charge is 0.224 e. The van der Waals surface area contributed by atoms with Gasteiger partial charge in [0.1, 0.15) is 0 Å². The molecule has 0 spiro atoms. The predicted molar refractivity (Wildman–Crippen MR) is 75.3 cm³/mol. The van der Waals surface area contributed by atoms with Gasteiger partial charge in [0.25, 0.3) is 0 Å². The lowest BCUT2D eigenvalue weighted by molar-refractivity contribution is -0.134. The zero-order chi connectivity index (χ0) is 13.9. The Morgan fingerprint density at radius 1 is 1.39 bits per heavy atom. The van der Waals surface area contributed by atoms with E-state index < -0.39 is 0 Å². The number of rotatable bonds is 3. The van der Waals surface area contributed by atoms with Gasteiger partial charge in [-0.05, 0) is 18.9 Å². The lowest BCUT2D eigenvalue weighted by Crippen LogP contribution is -2.54. The third-order valence-electron chi connectivity index (χ3n) is 4.11. The maximum Gasteiger partial charge on any atom is 0.224 e. The Balaban J connectivity index is 2.53. The number of nitrogens with two attached hydrogens (primary N) is 1. The van der Waals surface area contributed by atoms with Crippen LogP contribution in [-0.4, -0.2) is 54.5 Å². The second-order valence-corrected chi connectivity index (χ2v) is 6.56. The normalized spacial score (nSPS) is 24.1. The van der Waals surface area contributed by atoms with Gasteiger partial charge in [0.05, 0.1) is 0 Å². The first-order valence-electron chi connectivity index (χ1n) is 6.99. The summed E-state index contributed by atoms with van der Waals surface area (Å²) < 4.78 is 0. The molecule has 0 radical (unpaired) electrons. The Bertz CT molecular complexity index is 285. The van der Waals surface area contributed by atoms with E-state index in [1.807, 2.05) is 4.90 Å². The summed E-state index contributed by atoms with van der Waals surface area (Å²) in [5.41, 5.74) is 6.09. The van der Waals surface area contributed by atoms with Crippen LogP contribution in [0.25, 0.3) is 0 Å². The second kappa shape index (κ2) is 6.02. The fourth-order valence-electron chi connectivity index (χ4n) is 2.24. The van der Waals surface area contributed by atoms with E-state index in [1.165, 1.54) is 0 Å². The molecule has 18 heavy (non-hydrogen) atoms. The van der Waals surface area contributed by atoms with E-state index >= 15 is 0 Å². The van der Waals surface area contributed by atoms with Crippen molar-refractivity contribution in [2.24, 2.45) is 11.1 Å². The highest BCUT2D eigenvalue weighted by Gasteiger charge is 2.29. The summed E-state index contributed by atoms with van der Waals surface area (Å²) in [5, 5.41) is 0. The van der Waals surface area contributed by atoms with Gasteiger partial charge in [0.15, 0.2) is 0 Å². The van der Waals surface area contributed by atoms with Crippen molar-refractivity contribution in [1.29, 1.82) is 0 Å². The molecule has 0 aromatic carbocycles. The third-order valence-corrected chi connectivity index (χ3v) is 4.11. The molecule has 4 nitrogen and oxygen atoms in total. The Morgan fingerprint density at radius 3 is 2.50 bits per heavy atom. The van der Waals surface area contributed by atoms with E-state index in [0.717, 1.165) is 26.1 Å². The van der Waals surface area contributed by atoms with Crippen LogP contribution in [0, 0.1) is 5.41 Å². The number of piperazine rings is 1. The zero-order valence-electron chi connectivity index (χ0n) is 12.6. The molecule has 1 heterocycles. The van der Waals surface area contributed by atoms with Gasteiger partial charge in [-0.25, -0.2) is 0 Å². The summed E-state index contributed by atoms with van der Waals surface area (Å²) in [5.74, 6) is 0.212. The quantitative estimate of drug-likeness (QED) is 0.827. The third kappa shape index (κ3) is 3.95. The maximum absolute atomic E-state index is 12.3. The average molecular weight is 255 g/mol. The summed E-state index contributed by atoms with van der Waals surface area (Å²) in [4.78, 5) is 16.6. The van der Waals surface area contributed by atoms with Crippen LogP contribution in [0.3, 0.4) is 0 Å². The average Bonchev–Trinajstić information content (AvgIpc) is 2.28. The monoisotopic (exact) mass is 255 g/mol. The molecular weight excluding hydrogens is 226 g/mol.